The molecule has 8 heteroatoms. The second-order valence-corrected chi connectivity index (χ2v) is 6.63. The first kappa shape index (κ1) is 15.2. The number of anilines is 2. The first-order chi connectivity index (χ1) is 11.7. The first-order valence-electron chi connectivity index (χ1n) is 7.66. The zero-order valence-electron chi connectivity index (χ0n) is 13.1. The van der Waals surface area contributed by atoms with Crippen molar-refractivity contribution in [2.24, 2.45) is 5.92 Å². The van der Waals surface area contributed by atoms with Crippen molar-refractivity contribution in [2.75, 3.05) is 23.1 Å². The molecule has 0 saturated heterocycles. The number of benzene rings is 1. The zero-order valence-corrected chi connectivity index (χ0v) is 13.9. The smallest absolute Gasteiger partial charge is 0.310 e. The largest absolute Gasteiger partial charge is 0.481 e. The molecule has 7 nitrogen and oxygen atoms in total. The molecule has 0 bridgehead atoms. The predicted octanol–water partition coefficient (Wildman–Crippen LogP) is 1.89. The third kappa shape index (κ3) is 2.47. The minimum atomic E-state index is -0.820. The summed E-state index contributed by atoms with van der Waals surface area (Å²) < 4.78 is 0. The van der Waals surface area contributed by atoms with Gasteiger partial charge in [0.05, 0.1) is 17.5 Å². The Kier molecular flexibility index (Phi) is 3.78. The minimum Gasteiger partial charge on any atom is -0.481 e. The van der Waals surface area contributed by atoms with E-state index in [2.05, 4.69) is 20.8 Å². The summed E-state index contributed by atoms with van der Waals surface area (Å²) in [6.07, 6.45) is 1.93. The van der Waals surface area contributed by atoms with Crippen LogP contribution in [0.2, 0.25) is 0 Å². The molecule has 1 aromatic carbocycles. The first-order valence-corrected chi connectivity index (χ1v) is 8.89. The Morgan fingerprint density at radius 1 is 1.38 bits per heavy atom. The molecule has 0 aliphatic carbocycles. The summed E-state index contributed by atoms with van der Waals surface area (Å²) >= 11 is 1.47. The van der Waals surface area contributed by atoms with E-state index in [1.54, 1.807) is 0 Å². The molecule has 0 amide bonds. The molecule has 124 valence electrons. The van der Waals surface area contributed by atoms with Crippen molar-refractivity contribution < 1.29 is 9.90 Å². The van der Waals surface area contributed by atoms with E-state index in [-0.39, 0.29) is 6.04 Å². The van der Waals surface area contributed by atoms with Crippen LogP contribution in [0.5, 0.6) is 0 Å². The van der Waals surface area contributed by atoms with Gasteiger partial charge in [-0.1, -0.05) is 42.1 Å². The SMILES string of the molecule is CSc1nc2c3c(n1)N(Cc1ccccc1)CC(C(=O)O)C3NN2. The number of nitrogens with zero attached hydrogens (tertiary/aromatic N) is 3. The molecule has 0 saturated carbocycles. The molecule has 2 aliphatic rings. The van der Waals surface area contributed by atoms with Crippen LogP contribution in [0.4, 0.5) is 11.6 Å². The van der Waals surface area contributed by atoms with E-state index in [9.17, 15) is 9.90 Å². The van der Waals surface area contributed by atoms with Crippen LogP contribution in [0.15, 0.2) is 35.5 Å². The quantitative estimate of drug-likeness (QED) is 0.573. The van der Waals surface area contributed by atoms with Gasteiger partial charge in [0.2, 0.25) is 0 Å². The average molecular weight is 343 g/mol. The molecule has 24 heavy (non-hydrogen) atoms. The van der Waals surface area contributed by atoms with E-state index < -0.39 is 11.9 Å². The van der Waals surface area contributed by atoms with Gasteiger partial charge in [-0.15, -0.1) is 0 Å². The Morgan fingerprint density at radius 2 is 2.17 bits per heavy atom. The topological polar surface area (TPSA) is 90.4 Å². The van der Waals surface area contributed by atoms with Crippen LogP contribution in [-0.2, 0) is 11.3 Å². The van der Waals surface area contributed by atoms with E-state index in [1.165, 1.54) is 11.8 Å². The van der Waals surface area contributed by atoms with Gasteiger partial charge in [-0.05, 0) is 11.8 Å². The zero-order chi connectivity index (χ0) is 16.7. The summed E-state index contributed by atoms with van der Waals surface area (Å²) in [5.74, 6) is 0.116. The number of carboxylic acids is 1. The molecule has 0 fully saturated rings. The summed E-state index contributed by atoms with van der Waals surface area (Å²) in [6, 6.07) is 9.70. The maximum atomic E-state index is 11.7. The lowest BCUT2D eigenvalue weighted by Crippen LogP contribution is -2.44. The number of aliphatic carboxylic acids is 1. The standard InChI is InChI=1S/C16H17N5O2S/c1-24-16-17-13-11-12(19-20-13)10(15(22)23)8-21(14(11)18-16)7-9-5-3-2-4-6-9/h2-6,10,12,19H,7-8H2,1H3,(H,22,23)(H,17,18,20). The molecule has 4 rings (SSSR count). The van der Waals surface area contributed by atoms with Crippen LogP contribution in [0.25, 0.3) is 0 Å². The highest BCUT2D eigenvalue weighted by Gasteiger charge is 2.44. The minimum absolute atomic E-state index is 0.310. The van der Waals surface area contributed by atoms with Gasteiger partial charge in [0, 0.05) is 13.1 Å². The van der Waals surface area contributed by atoms with Crippen molar-refractivity contribution in [3.05, 3.63) is 41.5 Å². The Labute approximate surface area is 143 Å². The average Bonchev–Trinajstić information content (AvgIpc) is 3.02. The van der Waals surface area contributed by atoms with Crippen LogP contribution in [0.1, 0.15) is 17.2 Å². The van der Waals surface area contributed by atoms with Crippen LogP contribution in [0.3, 0.4) is 0 Å². The van der Waals surface area contributed by atoms with Crippen LogP contribution in [0, 0.1) is 5.92 Å². The molecule has 0 spiro atoms. The summed E-state index contributed by atoms with van der Waals surface area (Å²) in [5, 5.41) is 10.3. The van der Waals surface area contributed by atoms with Crippen LogP contribution in [-0.4, -0.2) is 33.8 Å². The Morgan fingerprint density at radius 3 is 2.88 bits per heavy atom. The summed E-state index contributed by atoms with van der Waals surface area (Å²) in [6.45, 7) is 1.02. The van der Waals surface area contributed by atoms with Crippen molar-refractivity contribution in [1.82, 2.24) is 15.4 Å². The molecule has 3 N–H and O–H groups in total. The highest BCUT2D eigenvalue weighted by atomic mass is 32.2. The Balaban J connectivity index is 1.79. The van der Waals surface area contributed by atoms with E-state index in [0.29, 0.717) is 24.1 Å². The Bertz CT molecular complexity index is 786. The number of rotatable bonds is 4. The number of aromatic nitrogens is 2. The molecule has 0 radical (unpaired) electrons. The normalized spacial score (nSPS) is 21.3. The lowest BCUT2D eigenvalue weighted by Gasteiger charge is -2.36. The van der Waals surface area contributed by atoms with Gasteiger partial charge in [0.15, 0.2) is 11.0 Å². The van der Waals surface area contributed by atoms with Crippen molar-refractivity contribution in [2.45, 2.75) is 17.7 Å². The second-order valence-electron chi connectivity index (χ2n) is 5.85. The third-order valence-corrected chi connectivity index (χ3v) is 4.94. The van der Waals surface area contributed by atoms with Crippen molar-refractivity contribution in [1.29, 1.82) is 0 Å². The number of hydrogen-bond acceptors (Lipinski definition) is 7. The molecule has 2 atom stereocenters. The van der Waals surface area contributed by atoms with Gasteiger partial charge in [0.25, 0.3) is 0 Å². The fourth-order valence-electron chi connectivity index (χ4n) is 3.26. The third-order valence-electron chi connectivity index (χ3n) is 4.40. The Hall–Kier alpha value is -2.32. The molecule has 2 unspecified atom stereocenters. The predicted molar refractivity (Wildman–Crippen MR) is 91.9 cm³/mol. The summed E-state index contributed by atoms with van der Waals surface area (Å²) in [7, 11) is 0. The molecular weight excluding hydrogens is 326 g/mol. The maximum Gasteiger partial charge on any atom is 0.310 e. The maximum absolute atomic E-state index is 11.7. The second kappa shape index (κ2) is 5.95. The van der Waals surface area contributed by atoms with E-state index in [0.717, 1.165) is 16.9 Å². The van der Waals surface area contributed by atoms with Crippen LogP contribution < -0.4 is 15.8 Å². The lowest BCUT2D eigenvalue weighted by atomic mass is 9.90. The molecule has 2 aliphatic heterocycles. The number of carbonyl (C=O) groups is 1. The monoisotopic (exact) mass is 343 g/mol. The van der Waals surface area contributed by atoms with E-state index >= 15 is 0 Å². The number of hydrogen-bond donors (Lipinski definition) is 3. The van der Waals surface area contributed by atoms with E-state index in [4.69, 9.17) is 0 Å². The van der Waals surface area contributed by atoms with Gasteiger partial charge in [0.1, 0.15) is 5.82 Å². The molecular formula is C16H17N5O2S. The number of hydrazine groups is 1. The molecule has 2 aromatic rings. The fraction of sp³-hybridized carbons (Fsp3) is 0.312. The van der Waals surface area contributed by atoms with Crippen LogP contribution >= 0.6 is 11.8 Å². The fourth-order valence-corrected chi connectivity index (χ4v) is 3.63. The highest BCUT2D eigenvalue weighted by Crippen LogP contribution is 2.43. The number of carboxylic acid groups (broad SMARTS) is 1. The van der Waals surface area contributed by atoms with Gasteiger partial charge in [-0.25, -0.2) is 15.4 Å². The summed E-state index contributed by atoms with van der Waals surface area (Å²) in [4.78, 5) is 22.9. The van der Waals surface area contributed by atoms with Gasteiger partial charge in [-0.3, -0.25) is 4.79 Å². The lowest BCUT2D eigenvalue weighted by molar-refractivity contribution is -0.142. The number of nitrogens with one attached hydrogen (secondary N) is 2. The van der Waals surface area contributed by atoms with E-state index in [1.807, 2.05) is 41.5 Å². The van der Waals surface area contributed by atoms with Crippen molar-refractivity contribution in [3.8, 4) is 0 Å². The van der Waals surface area contributed by atoms with Crippen molar-refractivity contribution >= 4 is 29.4 Å². The highest BCUT2D eigenvalue weighted by molar-refractivity contribution is 7.98. The molecule has 3 heterocycles. The van der Waals surface area contributed by atoms with Gasteiger partial charge in [-0.2, -0.15) is 0 Å². The van der Waals surface area contributed by atoms with Crippen molar-refractivity contribution in [3.63, 3.8) is 0 Å². The van der Waals surface area contributed by atoms with Gasteiger partial charge < -0.3 is 15.4 Å². The number of thioether (sulfide) groups is 1. The summed E-state index contributed by atoms with van der Waals surface area (Å²) in [5.41, 5.74) is 8.05. The van der Waals surface area contributed by atoms with Gasteiger partial charge >= 0.3 is 5.97 Å². The molecule has 1 aromatic heterocycles.